The van der Waals surface area contributed by atoms with E-state index in [9.17, 15) is 0 Å². The number of hydrogen-bond acceptors (Lipinski definition) is 1. The van der Waals surface area contributed by atoms with Crippen LogP contribution in [0.2, 0.25) is 0 Å². The van der Waals surface area contributed by atoms with Gasteiger partial charge >= 0.3 is 0 Å². The SMILES string of the molecule is CCNCCC=C(C)Cc1ccccc1C. The van der Waals surface area contributed by atoms with Crippen LogP contribution in [0.5, 0.6) is 0 Å². The lowest BCUT2D eigenvalue weighted by Gasteiger charge is -2.06. The Morgan fingerprint density at radius 3 is 2.75 bits per heavy atom. The van der Waals surface area contributed by atoms with Crippen molar-refractivity contribution in [3.63, 3.8) is 0 Å². The molecule has 1 rings (SSSR count). The van der Waals surface area contributed by atoms with Gasteiger partial charge in [-0.3, -0.25) is 0 Å². The molecule has 0 heterocycles. The van der Waals surface area contributed by atoms with E-state index in [2.05, 4.69) is 56.4 Å². The Morgan fingerprint density at radius 1 is 1.31 bits per heavy atom. The van der Waals surface area contributed by atoms with E-state index < -0.39 is 0 Å². The van der Waals surface area contributed by atoms with Gasteiger partial charge in [0.15, 0.2) is 0 Å². The van der Waals surface area contributed by atoms with Gasteiger partial charge in [-0.1, -0.05) is 42.8 Å². The third-order valence-corrected chi connectivity index (χ3v) is 2.79. The Bertz CT molecular complexity index is 339. The molecule has 0 saturated carbocycles. The highest BCUT2D eigenvalue weighted by Gasteiger charge is 1.97. The second-order valence-electron chi connectivity index (χ2n) is 4.30. The van der Waals surface area contributed by atoms with Crippen LogP contribution in [0.15, 0.2) is 35.9 Å². The van der Waals surface area contributed by atoms with Crippen molar-refractivity contribution < 1.29 is 0 Å². The van der Waals surface area contributed by atoms with Crippen LogP contribution in [0.3, 0.4) is 0 Å². The molecule has 0 spiro atoms. The molecule has 0 radical (unpaired) electrons. The summed E-state index contributed by atoms with van der Waals surface area (Å²) in [4.78, 5) is 0. The van der Waals surface area contributed by atoms with Gasteiger partial charge in [0.25, 0.3) is 0 Å². The average molecular weight is 217 g/mol. The minimum atomic E-state index is 1.06. The normalized spacial score (nSPS) is 11.8. The van der Waals surface area contributed by atoms with E-state index in [1.54, 1.807) is 0 Å². The smallest absolute Gasteiger partial charge is 0.00143 e. The van der Waals surface area contributed by atoms with Crippen LogP contribution in [0.25, 0.3) is 0 Å². The van der Waals surface area contributed by atoms with E-state index >= 15 is 0 Å². The Kier molecular flexibility index (Phi) is 5.87. The first kappa shape index (κ1) is 13.0. The summed E-state index contributed by atoms with van der Waals surface area (Å²) in [5.74, 6) is 0. The zero-order chi connectivity index (χ0) is 11.8. The molecular formula is C15H23N. The maximum atomic E-state index is 3.33. The summed E-state index contributed by atoms with van der Waals surface area (Å²) in [6.45, 7) is 8.69. The van der Waals surface area contributed by atoms with E-state index in [0.29, 0.717) is 0 Å². The van der Waals surface area contributed by atoms with E-state index in [1.807, 2.05) is 0 Å². The van der Waals surface area contributed by atoms with Gasteiger partial charge in [0.05, 0.1) is 0 Å². The lowest BCUT2D eigenvalue weighted by atomic mass is 10.0. The molecule has 88 valence electrons. The maximum absolute atomic E-state index is 3.33. The van der Waals surface area contributed by atoms with E-state index in [1.165, 1.54) is 16.7 Å². The van der Waals surface area contributed by atoms with Crippen LogP contribution in [-0.4, -0.2) is 13.1 Å². The predicted molar refractivity (Wildman–Crippen MR) is 71.8 cm³/mol. The second-order valence-corrected chi connectivity index (χ2v) is 4.30. The van der Waals surface area contributed by atoms with E-state index in [0.717, 1.165) is 25.9 Å². The van der Waals surface area contributed by atoms with Crippen molar-refractivity contribution in [1.82, 2.24) is 5.32 Å². The first-order chi connectivity index (χ1) is 7.74. The molecule has 0 aliphatic carbocycles. The molecule has 0 amide bonds. The van der Waals surface area contributed by atoms with Crippen LogP contribution in [0.1, 0.15) is 31.4 Å². The Hall–Kier alpha value is -1.08. The number of rotatable bonds is 6. The fourth-order valence-electron chi connectivity index (χ4n) is 1.78. The average Bonchev–Trinajstić information content (AvgIpc) is 2.28. The molecule has 0 bridgehead atoms. The van der Waals surface area contributed by atoms with Crippen molar-refractivity contribution in [2.45, 2.75) is 33.6 Å². The third-order valence-electron chi connectivity index (χ3n) is 2.79. The lowest BCUT2D eigenvalue weighted by Crippen LogP contribution is -2.13. The van der Waals surface area contributed by atoms with Crippen molar-refractivity contribution in [3.05, 3.63) is 47.0 Å². The standard InChI is InChI=1S/C15H23N/c1-4-16-11-7-8-13(2)12-15-10-6-5-9-14(15)3/h5-6,8-10,16H,4,7,11-12H2,1-3H3. The Labute approximate surface area is 99.6 Å². The molecule has 0 atom stereocenters. The van der Waals surface area contributed by atoms with Crippen molar-refractivity contribution in [1.29, 1.82) is 0 Å². The highest BCUT2D eigenvalue weighted by atomic mass is 14.8. The molecule has 0 aliphatic rings. The predicted octanol–water partition coefficient (Wildman–Crippen LogP) is 3.48. The maximum Gasteiger partial charge on any atom is -0.00143 e. The monoisotopic (exact) mass is 217 g/mol. The molecule has 16 heavy (non-hydrogen) atoms. The molecule has 0 saturated heterocycles. The second kappa shape index (κ2) is 7.24. The fraction of sp³-hybridized carbons (Fsp3) is 0.467. The van der Waals surface area contributed by atoms with Crippen LogP contribution in [0.4, 0.5) is 0 Å². The molecule has 1 aromatic carbocycles. The molecule has 0 aliphatic heterocycles. The fourth-order valence-corrected chi connectivity index (χ4v) is 1.78. The summed E-state index contributed by atoms with van der Waals surface area (Å²) in [5, 5.41) is 3.33. The minimum absolute atomic E-state index is 1.06. The number of aryl methyl sites for hydroxylation is 1. The summed E-state index contributed by atoms with van der Waals surface area (Å²) in [6.07, 6.45) is 4.56. The molecule has 0 aromatic heterocycles. The van der Waals surface area contributed by atoms with Gasteiger partial charge in [0.1, 0.15) is 0 Å². The Balaban J connectivity index is 2.44. The van der Waals surface area contributed by atoms with Crippen molar-refractivity contribution in [2.24, 2.45) is 0 Å². The van der Waals surface area contributed by atoms with Gasteiger partial charge in [-0.15, -0.1) is 0 Å². The van der Waals surface area contributed by atoms with Crippen LogP contribution < -0.4 is 5.32 Å². The third kappa shape index (κ3) is 4.63. The van der Waals surface area contributed by atoms with Gasteiger partial charge in [-0.25, -0.2) is 0 Å². The number of benzene rings is 1. The zero-order valence-corrected chi connectivity index (χ0v) is 10.7. The van der Waals surface area contributed by atoms with Crippen LogP contribution in [0, 0.1) is 6.92 Å². The number of hydrogen-bond donors (Lipinski definition) is 1. The quantitative estimate of drug-likeness (QED) is 0.568. The van der Waals surface area contributed by atoms with E-state index in [4.69, 9.17) is 0 Å². The number of allylic oxidation sites excluding steroid dienone is 1. The van der Waals surface area contributed by atoms with Crippen molar-refractivity contribution in [3.8, 4) is 0 Å². The van der Waals surface area contributed by atoms with Crippen molar-refractivity contribution >= 4 is 0 Å². The van der Waals surface area contributed by atoms with Gasteiger partial charge in [-0.05, 0) is 50.9 Å². The molecule has 1 nitrogen and oxygen atoms in total. The van der Waals surface area contributed by atoms with Crippen LogP contribution >= 0.6 is 0 Å². The molecule has 1 N–H and O–H groups in total. The summed E-state index contributed by atoms with van der Waals surface area (Å²) in [7, 11) is 0. The highest BCUT2D eigenvalue weighted by molar-refractivity contribution is 5.29. The van der Waals surface area contributed by atoms with E-state index in [-0.39, 0.29) is 0 Å². The molecule has 0 unspecified atom stereocenters. The largest absolute Gasteiger partial charge is 0.317 e. The minimum Gasteiger partial charge on any atom is -0.317 e. The molecule has 1 aromatic rings. The topological polar surface area (TPSA) is 12.0 Å². The van der Waals surface area contributed by atoms with Crippen LogP contribution in [-0.2, 0) is 6.42 Å². The summed E-state index contributed by atoms with van der Waals surface area (Å²) < 4.78 is 0. The van der Waals surface area contributed by atoms with Crippen molar-refractivity contribution in [2.75, 3.05) is 13.1 Å². The lowest BCUT2D eigenvalue weighted by molar-refractivity contribution is 0.724. The summed E-state index contributed by atoms with van der Waals surface area (Å²) in [5.41, 5.74) is 4.30. The van der Waals surface area contributed by atoms with Gasteiger partial charge in [-0.2, -0.15) is 0 Å². The summed E-state index contributed by atoms with van der Waals surface area (Å²) in [6, 6.07) is 8.62. The van der Waals surface area contributed by atoms with Gasteiger partial charge in [0.2, 0.25) is 0 Å². The summed E-state index contributed by atoms with van der Waals surface area (Å²) >= 11 is 0. The molecular weight excluding hydrogens is 194 g/mol. The number of nitrogens with one attached hydrogen (secondary N) is 1. The zero-order valence-electron chi connectivity index (χ0n) is 10.7. The first-order valence-electron chi connectivity index (χ1n) is 6.15. The Morgan fingerprint density at radius 2 is 2.06 bits per heavy atom. The molecule has 1 heteroatoms. The first-order valence-corrected chi connectivity index (χ1v) is 6.15. The molecule has 0 fully saturated rings. The van der Waals surface area contributed by atoms with Gasteiger partial charge in [0, 0.05) is 0 Å². The van der Waals surface area contributed by atoms with Gasteiger partial charge < -0.3 is 5.32 Å². The highest BCUT2D eigenvalue weighted by Crippen LogP contribution is 2.12.